The van der Waals surface area contributed by atoms with E-state index in [1.807, 2.05) is 0 Å². The van der Waals surface area contributed by atoms with Crippen molar-refractivity contribution in [2.75, 3.05) is 25.6 Å². The van der Waals surface area contributed by atoms with Gasteiger partial charge in [-0.3, -0.25) is 4.57 Å². The number of methoxy groups -OCH3 is 1. The van der Waals surface area contributed by atoms with Gasteiger partial charge in [0.05, 0.1) is 18.5 Å². The molecule has 0 spiro atoms. The zero-order chi connectivity index (χ0) is 13.5. The summed E-state index contributed by atoms with van der Waals surface area (Å²) in [5.41, 5.74) is 0.581. The molecular formula is C12H14N4O3. The average molecular weight is 262 g/mol. The first-order valence-electron chi connectivity index (χ1n) is 5.66. The number of anilines is 1. The summed E-state index contributed by atoms with van der Waals surface area (Å²) < 4.78 is 11.5. The summed E-state index contributed by atoms with van der Waals surface area (Å²) >= 11 is 0. The molecule has 0 aliphatic rings. The lowest BCUT2D eigenvalue weighted by atomic mass is 10.4. The van der Waals surface area contributed by atoms with Crippen LogP contribution in [0.3, 0.4) is 0 Å². The summed E-state index contributed by atoms with van der Waals surface area (Å²) in [4.78, 5) is 19.6. The van der Waals surface area contributed by atoms with Crippen LogP contribution in [-0.2, 0) is 4.74 Å². The summed E-state index contributed by atoms with van der Waals surface area (Å²) in [6, 6.07) is 3.09. The molecule has 0 bridgehead atoms. The number of imidazole rings is 1. The van der Waals surface area contributed by atoms with E-state index >= 15 is 0 Å². The van der Waals surface area contributed by atoms with Crippen LogP contribution >= 0.6 is 0 Å². The van der Waals surface area contributed by atoms with E-state index in [1.165, 1.54) is 23.3 Å². The first-order valence-corrected chi connectivity index (χ1v) is 5.66. The SMILES string of the molecule is COCCOc1ccc(NC(=O)n2ccnc2)cn1. The van der Waals surface area contributed by atoms with Crippen molar-refractivity contribution in [1.29, 1.82) is 0 Å². The molecule has 0 aliphatic carbocycles. The van der Waals surface area contributed by atoms with Gasteiger partial charge in [0, 0.05) is 25.6 Å². The van der Waals surface area contributed by atoms with Gasteiger partial charge in [0.25, 0.3) is 0 Å². The molecule has 0 saturated carbocycles. The second-order valence-corrected chi connectivity index (χ2v) is 3.63. The Labute approximate surface area is 110 Å². The fourth-order valence-corrected chi connectivity index (χ4v) is 1.34. The van der Waals surface area contributed by atoms with E-state index in [0.29, 0.717) is 24.8 Å². The Morgan fingerprint density at radius 3 is 2.95 bits per heavy atom. The minimum Gasteiger partial charge on any atom is -0.475 e. The van der Waals surface area contributed by atoms with E-state index < -0.39 is 0 Å². The maximum Gasteiger partial charge on any atom is 0.331 e. The van der Waals surface area contributed by atoms with Crippen molar-refractivity contribution in [1.82, 2.24) is 14.5 Å². The molecule has 0 aliphatic heterocycles. The van der Waals surface area contributed by atoms with Gasteiger partial charge in [-0.15, -0.1) is 0 Å². The molecule has 2 aromatic rings. The number of aromatic nitrogens is 3. The molecule has 7 nitrogen and oxygen atoms in total. The number of nitrogens with one attached hydrogen (secondary N) is 1. The van der Waals surface area contributed by atoms with Crippen LogP contribution < -0.4 is 10.1 Å². The summed E-state index contributed by atoms with van der Waals surface area (Å²) in [5.74, 6) is 0.484. The average Bonchev–Trinajstić information content (AvgIpc) is 2.95. The van der Waals surface area contributed by atoms with Gasteiger partial charge < -0.3 is 14.8 Å². The summed E-state index contributed by atoms with van der Waals surface area (Å²) in [5, 5.41) is 2.68. The number of ether oxygens (including phenoxy) is 2. The highest BCUT2D eigenvalue weighted by molar-refractivity contribution is 5.90. The monoisotopic (exact) mass is 262 g/mol. The van der Waals surface area contributed by atoms with Crippen molar-refractivity contribution in [3.05, 3.63) is 37.1 Å². The highest BCUT2D eigenvalue weighted by Crippen LogP contribution is 2.11. The number of hydrogen-bond acceptors (Lipinski definition) is 5. The molecular weight excluding hydrogens is 248 g/mol. The maximum atomic E-state index is 11.7. The fourth-order valence-electron chi connectivity index (χ4n) is 1.34. The molecule has 2 rings (SSSR count). The molecule has 0 saturated heterocycles. The zero-order valence-electron chi connectivity index (χ0n) is 10.4. The van der Waals surface area contributed by atoms with E-state index in [2.05, 4.69) is 15.3 Å². The predicted octanol–water partition coefficient (Wildman–Crippen LogP) is 1.38. The molecule has 0 unspecified atom stereocenters. The van der Waals surface area contributed by atoms with Gasteiger partial charge in [-0.05, 0) is 6.07 Å². The van der Waals surface area contributed by atoms with Crippen LogP contribution in [0.25, 0.3) is 0 Å². The summed E-state index contributed by atoms with van der Waals surface area (Å²) in [7, 11) is 1.60. The van der Waals surface area contributed by atoms with E-state index in [-0.39, 0.29) is 6.03 Å². The Morgan fingerprint density at radius 1 is 1.42 bits per heavy atom. The topological polar surface area (TPSA) is 78.3 Å². The molecule has 1 amide bonds. The molecule has 2 aromatic heterocycles. The largest absolute Gasteiger partial charge is 0.475 e. The fraction of sp³-hybridized carbons (Fsp3) is 0.250. The van der Waals surface area contributed by atoms with Gasteiger partial charge in [-0.25, -0.2) is 14.8 Å². The number of rotatable bonds is 5. The van der Waals surface area contributed by atoms with E-state index in [4.69, 9.17) is 9.47 Å². The Hall–Kier alpha value is -2.41. The third kappa shape index (κ3) is 3.78. The minimum atomic E-state index is -0.299. The standard InChI is InChI=1S/C12H14N4O3/c1-18-6-7-19-11-3-2-10(8-14-11)15-12(17)16-5-4-13-9-16/h2-5,8-9H,6-7H2,1H3,(H,15,17). The second-order valence-electron chi connectivity index (χ2n) is 3.63. The molecule has 7 heteroatoms. The van der Waals surface area contributed by atoms with Crippen molar-refractivity contribution in [3.63, 3.8) is 0 Å². The lowest BCUT2D eigenvalue weighted by Gasteiger charge is -2.07. The smallest absolute Gasteiger partial charge is 0.331 e. The van der Waals surface area contributed by atoms with Crippen molar-refractivity contribution in [3.8, 4) is 5.88 Å². The number of amides is 1. The number of nitrogens with zero attached hydrogens (tertiary/aromatic N) is 3. The second kappa shape index (κ2) is 6.50. The maximum absolute atomic E-state index is 11.7. The molecule has 19 heavy (non-hydrogen) atoms. The number of carbonyl (C=O) groups is 1. The highest BCUT2D eigenvalue weighted by Gasteiger charge is 2.04. The van der Waals surface area contributed by atoms with Crippen LogP contribution in [0.4, 0.5) is 10.5 Å². The van der Waals surface area contributed by atoms with Crippen LogP contribution in [0.1, 0.15) is 0 Å². The highest BCUT2D eigenvalue weighted by atomic mass is 16.5. The molecule has 0 atom stereocenters. The van der Waals surface area contributed by atoms with Crippen molar-refractivity contribution < 1.29 is 14.3 Å². The zero-order valence-corrected chi connectivity index (χ0v) is 10.4. The number of pyridine rings is 1. The van der Waals surface area contributed by atoms with Gasteiger partial charge in [-0.2, -0.15) is 0 Å². The Kier molecular flexibility index (Phi) is 4.46. The molecule has 0 aromatic carbocycles. The lowest BCUT2D eigenvalue weighted by Crippen LogP contribution is -2.17. The van der Waals surface area contributed by atoms with Gasteiger partial charge in [0.2, 0.25) is 5.88 Å². The third-order valence-corrected chi connectivity index (χ3v) is 2.26. The Bertz CT molecular complexity index is 510. The lowest BCUT2D eigenvalue weighted by molar-refractivity contribution is 0.144. The van der Waals surface area contributed by atoms with Gasteiger partial charge >= 0.3 is 6.03 Å². The van der Waals surface area contributed by atoms with Gasteiger partial charge in [0.15, 0.2) is 0 Å². The van der Waals surface area contributed by atoms with Crippen LogP contribution in [0.15, 0.2) is 37.1 Å². The first kappa shape index (κ1) is 13.0. The normalized spacial score (nSPS) is 10.2. The molecule has 0 fully saturated rings. The minimum absolute atomic E-state index is 0.299. The van der Waals surface area contributed by atoms with E-state index in [9.17, 15) is 4.79 Å². The van der Waals surface area contributed by atoms with Gasteiger partial charge in [0.1, 0.15) is 12.9 Å². The predicted molar refractivity (Wildman–Crippen MR) is 68.3 cm³/mol. The van der Waals surface area contributed by atoms with Crippen LogP contribution in [0.2, 0.25) is 0 Å². The molecule has 2 heterocycles. The number of hydrogen-bond donors (Lipinski definition) is 1. The van der Waals surface area contributed by atoms with Crippen LogP contribution in [-0.4, -0.2) is 40.9 Å². The Morgan fingerprint density at radius 2 is 2.32 bits per heavy atom. The summed E-state index contributed by atoms with van der Waals surface area (Å²) in [6.07, 6.45) is 6.04. The van der Waals surface area contributed by atoms with Gasteiger partial charge in [-0.1, -0.05) is 0 Å². The number of carbonyl (C=O) groups excluding carboxylic acids is 1. The van der Waals surface area contributed by atoms with E-state index in [0.717, 1.165) is 0 Å². The Balaban J connectivity index is 1.90. The summed E-state index contributed by atoms with van der Waals surface area (Å²) in [6.45, 7) is 0.936. The van der Waals surface area contributed by atoms with Crippen molar-refractivity contribution in [2.24, 2.45) is 0 Å². The molecule has 0 radical (unpaired) electrons. The van der Waals surface area contributed by atoms with Crippen molar-refractivity contribution in [2.45, 2.75) is 0 Å². The third-order valence-electron chi connectivity index (χ3n) is 2.26. The van der Waals surface area contributed by atoms with Crippen molar-refractivity contribution >= 4 is 11.7 Å². The quantitative estimate of drug-likeness (QED) is 0.824. The first-order chi connectivity index (χ1) is 9.29. The molecule has 100 valence electrons. The van der Waals surface area contributed by atoms with Crippen LogP contribution in [0, 0.1) is 0 Å². The van der Waals surface area contributed by atoms with E-state index in [1.54, 1.807) is 25.4 Å². The molecule has 1 N–H and O–H groups in total. The van der Waals surface area contributed by atoms with Crippen LogP contribution in [0.5, 0.6) is 5.88 Å².